The van der Waals surface area contributed by atoms with E-state index in [0.717, 1.165) is 108 Å². The van der Waals surface area contributed by atoms with Crippen molar-refractivity contribution in [1.29, 1.82) is 0 Å². The van der Waals surface area contributed by atoms with Crippen LogP contribution in [0.1, 0.15) is 98.5 Å². The zero-order chi connectivity index (χ0) is 50.3. The van der Waals surface area contributed by atoms with E-state index in [4.69, 9.17) is 21.1 Å². The molecular formula is C58H65FN10O5. The molecule has 5 aromatic rings. The van der Waals surface area contributed by atoms with Crippen LogP contribution in [0.4, 0.5) is 15.9 Å². The Morgan fingerprint density at radius 3 is 2.36 bits per heavy atom. The summed E-state index contributed by atoms with van der Waals surface area (Å²) >= 11 is 0. The van der Waals surface area contributed by atoms with Gasteiger partial charge in [-0.3, -0.25) is 29.6 Å². The number of benzene rings is 3. The van der Waals surface area contributed by atoms with Gasteiger partial charge < -0.3 is 34.8 Å². The number of pyridine rings is 1. The van der Waals surface area contributed by atoms with Crippen LogP contribution in [-0.2, 0) is 16.1 Å². The molecule has 384 valence electrons. The Bertz CT molecular complexity index is 3100. The number of nitrogens with zero attached hydrogens (tertiary/aromatic N) is 8. The number of amides is 3. The van der Waals surface area contributed by atoms with Gasteiger partial charge in [0.1, 0.15) is 28.8 Å². The number of halogens is 1. The molecule has 16 heteroatoms. The number of hydrogen-bond donors (Lipinski definition) is 3. The Hall–Kier alpha value is -6.41. The lowest BCUT2D eigenvalue weighted by Gasteiger charge is -2.47. The van der Waals surface area contributed by atoms with E-state index < -0.39 is 11.9 Å². The molecule has 74 heavy (non-hydrogen) atoms. The molecule has 2 saturated carbocycles. The largest absolute Gasteiger partial charge is 0.508 e. The number of terminal acetylenes is 1. The summed E-state index contributed by atoms with van der Waals surface area (Å²) in [5.41, 5.74) is 4.41. The molecule has 8 heterocycles. The molecule has 8 aliphatic rings. The van der Waals surface area contributed by atoms with Crippen LogP contribution >= 0.6 is 0 Å². The van der Waals surface area contributed by atoms with E-state index in [9.17, 15) is 19.5 Å². The minimum Gasteiger partial charge on any atom is -0.508 e. The number of phenols is 1. The van der Waals surface area contributed by atoms with E-state index in [0.29, 0.717) is 75.7 Å². The monoisotopic (exact) mass is 1000 g/mol. The van der Waals surface area contributed by atoms with Crippen LogP contribution in [0.15, 0.2) is 54.7 Å². The predicted octanol–water partition coefficient (Wildman–Crippen LogP) is 6.63. The van der Waals surface area contributed by atoms with Crippen molar-refractivity contribution in [1.82, 2.24) is 40.3 Å². The second-order valence-corrected chi connectivity index (χ2v) is 23.1. The summed E-state index contributed by atoms with van der Waals surface area (Å²) in [6, 6.07) is 15.0. The number of carbonyl (C=O) groups is 3. The predicted molar refractivity (Wildman–Crippen MR) is 280 cm³/mol. The van der Waals surface area contributed by atoms with Gasteiger partial charge in [0.15, 0.2) is 5.82 Å². The van der Waals surface area contributed by atoms with Crippen molar-refractivity contribution in [2.45, 2.75) is 102 Å². The number of aromatic hydroxyl groups is 1. The van der Waals surface area contributed by atoms with E-state index in [2.05, 4.69) is 47.2 Å². The number of imide groups is 1. The number of anilines is 2. The molecule has 15 nitrogen and oxygen atoms in total. The van der Waals surface area contributed by atoms with Crippen molar-refractivity contribution in [3.05, 3.63) is 77.2 Å². The number of fused-ring (bicyclic) bond motifs is 5. The molecule has 3 amide bonds. The Morgan fingerprint density at radius 2 is 1.62 bits per heavy atom. The lowest BCUT2D eigenvalue weighted by molar-refractivity contribution is -0.136. The molecule has 7 fully saturated rings. The first-order valence-corrected chi connectivity index (χ1v) is 27.2. The number of carbonyl (C=O) groups excluding carboxylic acids is 3. The van der Waals surface area contributed by atoms with Gasteiger partial charge in [-0.2, -0.15) is 9.97 Å². The van der Waals surface area contributed by atoms with Gasteiger partial charge in [-0.05, 0) is 142 Å². The smallest absolute Gasteiger partial charge is 0.319 e. The fourth-order valence-corrected chi connectivity index (χ4v) is 13.9. The summed E-state index contributed by atoms with van der Waals surface area (Å²) in [7, 11) is 0. The average molecular weight is 1000 g/mol. The zero-order valence-corrected chi connectivity index (χ0v) is 42.1. The Labute approximate surface area is 431 Å². The number of likely N-dealkylation sites (tertiary alicyclic amines) is 1. The maximum Gasteiger partial charge on any atom is 0.319 e. The fourth-order valence-electron chi connectivity index (χ4n) is 13.9. The molecule has 2 aliphatic carbocycles. The first kappa shape index (κ1) is 47.3. The van der Waals surface area contributed by atoms with Crippen molar-refractivity contribution in [3.63, 3.8) is 0 Å². The van der Waals surface area contributed by atoms with Crippen molar-refractivity contribution in [3.8, 4) is 35.4 Å². The second kappa shape index (κ2) is 18.8. The van der Waals surface area contributed by atoms with E-state index >= 15 is 4.39 Å². The lowest BCUT2D eigenvalue weighted by atomic mass is 9.65. The summed E-state index contributed by atoms with van der Waals surface area (Å²) in [6.45, 7) is 10.7. The third-order valence-electron chi connectivity index (χ3n) is 18.4. The third-order valence-corrected chi connectivity index (χ3v) is 18.4. The highest BCUT2D eigenvalue weighted by Gasteiger charge is 2.47. The third kappa shape index (κ3) is 8.88. The highest BCUT2D eigenvalue weighted by atomic mass is 19.1. The molecule has 13 rings (SSSR count). The molecule has 6 aliphatic heterocycles. The van der Waals surface area contributed by atoms with Crippen molar-refractivity contribution in [2.24, 2.45) is 16.7 Å². The summed E-state index contributed by atoms with van der Waals surface area (Å²) in [5, 5.41) is 18.7. The van der Waals surface area contributed by atoms with Crippen LogP contribution in [0.2, 0.25) is 0 Å². The van der Waals surface area contributed by atoms with E-state index in [1.807, 2.05) is 30.3 Å². The quantitative estimate of drug-likeness (QED) is 0.0958. The van der Waals surface area contributed by atoms with Crippen LogP contribution in [0, 0.1) is 34.9 Å². The van der Waals surface area contributed by atoms with Crippen molar-refractivity contribution >= 4 is 50.9 Å². The molecular weight excluding hydrogens is 936 g/mol. The number of nitrogens with one attached hydrogen (secondary N) is 2. The summed E-state index contributed by atoms with van der Waals surface area (Å²) in [6.07, 6.45) is 20.2. The van der Waals surface area contributed by atoms with Crippen LogP contribution in [0.3, 0.4) is 0 Å². The minimum absolute atomic E-state index is 0.00365. The molecule has 3 N–H and O–H groups in total. The minimum atomic E-state index is -0.599. The molecule has 0 radical (unpaired) electrons. The Kier molecular flexibility index (Phi) is 12.0. The van der Waals surface area contributed by atoms with Gasteiger partial charge in [0, 0.05) is 117 Å². The topological polar surface area (TPSA) is 160 Å². The highest BCUT2D eigenvalue weighted by molar-refractivity contribution is 6.06. The van der Waals surface area contributed by atoms with Crippen molar-refractivity contribution in [2.75, 3.05) is 81.9 Å². The maximum absolute atomic E-state index is 17.2. The number of piperazine rings is 2. The van der Waals surface area contributed by atoms with Crippen LogP contribution in [0.5, 0.6) is 11.8 Å². The number of rotatable bonds is 11. The zero-order valence-electron chi connectivity index (χ0n) is 42.1. The number of aromatic nitrogens is 3. The maximum atomic E-state index is 17.2. The highest BCUT2D eigenvalue weighted by Crippen LogP contribution is 2.50. The van der Waals surface area contributed by atoms with Gasteiger partial charge >= 0.3 is 6.01 Å². The van der Waals surface area contributed by atoms with Crippen molar-refractivity contribution < 1.29 is 28.6 Å². The van der Waals surface area contributed by atoms with Gasteiger partial charge in [0.2, 0.25) is 11.8 Å². The van der Waals surface area contributed by atoms with Crippen LogP contribution in [0.25, 0.3) is 32.9 Å². The van der Waals surface area contributed by atoms with E-state index in [1.54, 1.807) is 17.2 Å². The summed E-state index contributed by atoms with van der Waals surface area (Å²) in [4.78, 5) is 63.6. The van der Waals surface area contributed by atoms with E-state index in [-0.39, 0.29) is 52.5 Å². The van der Waals surface area contributed by atoms with Gasteiger partial charge in [0.25, 0.3) is 5.91 Å². The first-order chi connectivity index (χ1) is 36.0. The van der Waals surface area contributed by atoms with Gasteiger partial charge in [-0.15, -0.1) is 6.42 Å². The fraction of sp³-hybridized carbons (Fsp3) is 0.517. The summed E-state index contributed by atoms with van der Waals surface area (Å²) < 4.78 is 23.8. The number of ether oxygens (including phenoxy) is 1. The Morgan fingerprint density at radius 1 is 0.838 bits per heavy atom. The average Bonchev–Trinajstić information content (AvgIpc) is 3.99. The SMILES string of the molecule is C#Cc1cccc2cc(O)cc(-c3ncc4c(N5CC6CCC(C5)N6)nc(OCC5(CN6CCC7(CCC(CN8CCN(c9ccc%10c(c9)CN([C@H]9CCC(=O)NC9=O)C%10=O)CC8)CC7)CC6)CC5)nc4c3F)c12. The van der Waals surface area contributed by atoms with Crippen LogP contribution in [-0.4, -0.2) is 143 Å². The molecule has 2 bridgehead atoms. The molecule has 1 spiro atoms. The Balaban J connectivity index is 0.616. The molecule has 3 aromatic carbocycles. The molecule has 3 atom stereocenters. The van der Waals surface area contributed by atoms with Gasteiger partial charge in [-0.1, -0.05) is 18.1 Å². The number of hydrogen-bond acceptors (Lipinski definition) is 13. The van der Waals surface area contributed by atoms with Crippen LogP contribution < -0.4 is 25.2 Å². The van der Waals surface area contributed by atoms with Gasteiger partial charge in [0.05, 0.1) is 12.0 Å². The number of phenolic OH excluding ortho intramolecular Hbond substituents is 1. The second-order valence-electron chi connectivity index (χ2n) is 23.1. The van der Waals surface area contributed by atoms with E-state index in [1.165, 1.54) is 44.6 Å². The standard InChI is InChI=1S/C58H65FN10O5/c1-2-37-4-3-5-38-27-43(70)28-45(49(37)38)51-50(59)52-46(29-60-51)53(68-32-40-6-7-41(33-68)61-40)64-56(63-52)74-35-58(16-17-58)34-66-20-18-57(19-21-66)14-12-36(13-15-57)30-65-22-24-67(25-23-65)42-8-9-44-39(26-42)31-69(55(44)73)47-10-11-48(71)62-54(47)72/h1,3-5,8-9,26-29,36,40-41,47,61,70H,6-7,10-25,30-35H2,(H,62,71,72)/t40?,41?,47-/m0/s1. The number of piperidine rings is 2. The molecule has 2 unspecified atom stereocenters. The lowest BCUT2D eigenvalue weighted by Crippen LogP contribution is -2.52. The molecule has 2 aromatic heterocycles. The molecule has 5 saturated heterocycles. The summed E-state index contributed by atoms with van der Waals surface area (Å²) in [5.74, 6) is 2.72. The normalized spacial score (nSPS) is 24.9. The first-order valence-electron chi connectivity index (χ1n) is 27.2. The van der Waals surface area contributed by atoms with Gasteiger partial charge in [-0.25, -0.2) is 4.39 Å².